The molecule has 3 N–H and O–H groups in total. The predicted molar refractivity (Wildman–Crippen MR) is 65.2 cm³/mol. The summed E-state index contributed by atoms with van der Waals surface area (Å²) in [6.07, 6.45) is 3.16. The lowest BCUT2D eigenvalue weighted by molar-refractivity contribution is -0.0278. The van der Waals surface area contributed by atoms with E-state index in [-0.39, 0.29) is 0 Å². The zero-order valence-electron chi connectivity index (χ0n) is 11.0. The second kappa shape index (κ2) is 6.21. The minimum absolute atomic E-state index is 0.332. The zero-order chi connectivity index (χ0) is 12.9. The Kier molecular flexibility index (Phi) is 5.21. The van der Waals surface area contributed by atoms with Gasteiger partial charge in [-0.05, 0) is 39.2 Å². The van der Waals surface area contributed by atoms with Crippen molar-refractivity contribution in [1.29, 1.82) is 0 Å². The standard InChI is InChI=1S/C12H24N2O3/c1-12(2,3)17-11(15)14-16-8-10(7-13)9-5-4-6-9/h9-10H,4-8,13H2,1-3H3,(H,14,15). The van der Waals surface area contributed by atoms with Gasteiger partial charge >= 0.3 is 6.09 Å². The minimum atomic E-state index is -0.554. The van der Waals surface area contributed by atoms with Crippen LogP contribution < -0.4 is 11.2 Å². The normalized spacial score (nSPS) is 18.4. The van der Waals surface area contributed by atoms with Gasteiger partial charge in [0.15, 0.2) is 0 Å². The molecule has 1 aliphatic carbocycles. The van der Waals surface area contributed by atoms with Crippen molar-refractivity contribution in [2.24, 2.45) is 17.6 Å². The molecule has 1 fully saturated rings. The van der Waals surface area contributed by atoms with E-state index in [2.05, 4.69) is 5.48 Å². The molecule has 0 aromatic carbocycles. The SMILES string of the molecule is CC(C)(C)OC(=O)NOCC(CN)C1CCC1. The molecule has 0 heterocycles. The molecule has 0 spiro atoms. The van der Waals surface area contributed by atoms with Crippen LogP contribution in [0.3, 0.4) is 0 Å². The molecule has 5 heteroatoms. The Bertz CT molecular complexity index is 247. The van der Waals surface area contributed by atoms with E-state index >= 15 is 0 Å². The third kappa shape index (κ3) is 5.37. The van der Waals surface area contributed by atoms with Gasteiger partial charge in [-0.2, -0.15) is 5.48 Å². The summed E-state index contributed by atoms with van der Waals surface area (Å²) in [7, 11) is 0. The molecule has 1 unspecified atom stereocenters. The van der Waals surface area contributed by atoms with Gasteiger partial charge in [-0.25, -0.2) is 4.79 Å². The second-order valence-corrected chi connectivity index (χ2v) is 5.60. The number of hydroxylamine groups is 1. The lowest BCUT2D eigenvalue weighted by Crippen LogP contribution is -2.37. The summed E-state index contributed by atoms with van der Waals surface area (Å²) in [6, 6.07) is 0. The monoisotopic (exact) mass is 244 g/mol. The van der Waals surface area contributed by atoms with E-state index in [9.17, 15) is 4.79 Å². The molecule has 1 aliphatic rings. The minimum Gasteiger partial charge on any atom is -0.442 e. The Balaban J connectivity index is 2.15. The molecule has 0 aromatic rings. The first-order valence-electron chi connectivity index (χ1n) is 6.23. The average Bonchev–Trinajstić information content (AvgIpc) is 2.10. The Morgan fingerprint density at radius 2 is 2.12 bits per heavy atom. The molecule has 0 saturated heterocycles. The number of nitrogens with one attached hydrogen (secondary N) is 1. The van der Waals surface area contributed by atoms with Gasteiger partial charge in [-0.15, -0.1) is 0 Å². The summed E-state index contributed by atoms with van der Waals surface area (Å²) in [5.74, 6) is 0.985. The van der Waals surface area contributed by atoms with Crippen LogP contribution in [0.4, 0.5) is 4.79 Å². The van der Waals surface area contributed by atoms with Crippen molar-refractivity contribution >= 4 is 6.09 Å². The molecule has 5 nitrogen and oxygen atoms in total. The van der Waals surface area contributed by atoms with E-state index in [1.807, 2.05) is 20.8 Å². The third-order valence-electron chi connectivity index (χ3n) is 2.97. The lowest BCUT2D eigenvalue weighted by Gasteiger charge is -2.32. The number of hydrogen-bond donors (Lipinski definition) is 2. The van der Waals surface area contributed by atoms with E-state index < -0.39 is 11.7 Å². The first-order chi connectivity index (χ1) is 7.92. The molecule has 17 heavy (non-hydrogen) atoms. The summed E-state index contributed by atoms with van der Waals surface area (Å²) in [6.45, 7) is 6.48. The van der Waals surface area contributed by atoms with Crippen LogP contribution in [0.15, 0.2) is 0 Å². The van der Waals surface area contributed by atoms with E-state index in [1.165, 1.54) is 19.3 Å². The van der Waals surface area contributed by atoms with Crippen molar-refractivity contribution in [2.75, 3.05) is 13.2 Å². The summed E-state index contributed by atoms with van der Waals surface area (Å²) in [5, 5.41) is 0. The van der Waals surface area contributed by atoms with Crippen molar-refractivity contribution in [3.05, 3.63) is 0 Å². The van der Waals surface area contributed by atoms with Crippen LogP contribution in [-0.2, 0) is 9.57 Å². The van der Waals surface area contributed by atoms with Crippen LogP contribution in [-0.4, -0.2) is 24.8 Å². The molecule has 1 atom stereocenters. The summed E-state index contributed by atoms with van der Waals surface area (Å²) in [4.78, 5) is 16.4. The lowest BCUT2D eigenvalue weighted by atomic mass is 9.76. The number of rotatable bonds is 5. The number of hydrogen-bond acceptors (Lipinski definition) is 4. The van der Waals surface area contributed by atoms with E-state index in [4.69, 9.17) is 15.3 Å². The van der Waals surface area contributed by atoms with E-state index in [0.717, 1.165) is 0 Å². The summed E-state index contributed by atoms with van der Waals surface area (Å²) < 4.78 is 5.05. The third-order valence-corrected chi connectivity index (χ3v) is 2.97. The van der Waals surface area contributed by atoms with E-state index in [1.54, 1.807) is 0 Å². The quantitative estimate of drug-likeness (QED) is 0.723. The van der Waals surface area contributed by atoms with Crippen LogP contribution in [0.1, 0.15) is 40.0 Å². The largest absolute Gasteiger partial charge is 0.442 e. The van der Waals surface area contributed by atoms with Gasteiger partial charge < -0.3 is 10.5 Å². The van der Waals surface area contributed by atoms with Crippen LogP contribution in [0, 0.1) is 11.8 Å². The average molecular weight is 244 g/mol. The van der Waals surface area contributed by atoms with Gasteiger partial charge in [-0.3, -0.25) is 4.84 Å². The number of amides is 1. The molecule has 100 valence electrons. The molecule has 1 rings (SSSR count). The van der Waals surface area contributed by atoms with Crippen molar-refractivity contribution in [2.45, 2.75) is 45.6 Å². The van der Waals surface area contributed by atoms with Crippen molar-refractivity contribution in [1.82, 2.24) is 5.48 Å². The Hall–Kier alpha value is -0.810. The highest BCUT2D eigenvalue weighted by Crippen LogP contribution is 2.32. The molecule has 1 saturated carbocycles. The molecule has 0 aromatic heterocycles. The van der Waals surface area contributed by atoms with Crippen LogP contribution in [0.5, 0.6) is 0 Å². The first-order valence-corrected chi connectivity index (χ1v) is 6.23. The second-order valence-electron chi connectivity index (χ2n) is 5.60. The predicted octanol–water partition coefficient (Wildman–Crippen LogP) is 1.82. The van der Waals surface area contributed by atoms with Gasteiger partial charge in [0.1, 0.15) is 5.60 Å². The molecule has 0 bridgehead atoms. The molecular formula is C12H24N2O3. The first kappa shape index (κ1) is 14.3. The maximum absolute atomic E-state index is 11.3. The Labute approximate surface area is 103 Å². The van der Waals surface area contributed by atoms with Crippen LogP contribution in [0.2, 0.25) is 0 Å². The Morgan fingerprint density at radius 1 is 1.47 bits per heavy atom. The van der Waals surface area contributed by atoms with Gasteiger partial charge in [-0.1, -0.05) is 19.3 Å². The topological polar surface area (TPSA) is 73.6 Å². The van der Waals surface area contributed by atoms with E-state index in [0.29, 0.717) is 25.0 Å². The number of carbonyl (C=O) groups is 1. The highest BCUT2D eigenvalue weighted by Gasteiger charge is 2.26. The Morgan fingerprint density at radius 3 is 2.53 bits per heavy atom. The fourth-order valence-corrected chi connectivity index (χ4v) is 1.81. The molecular weight excluding hydrogens is 220 g/mol. The van der Waals surface area contributed by atoms with Gasteiger partial charge in [0.25, 0.3) is 0 Å². The van der Waals surface area contributed by atoms with Gasteiger partial charge in [0.05, 0.1) is 6.61 Å². The molecule has 0 aliphatic heterocycles. The molecule has 1 amide bonds. The maximum atomic E-state index is 11.3. The van der Waals surface area contributed by atoms with Crippen LogP contribution >= 0.6 is 0 Å². The maximum Gasteiger partial charge on any atom is 0.431 e. The highest BCUT2D eigenvalue weighted by atomic mass is 16.7. The van der Waals surface area contributed by atoms with Crippen molar-refractivity contribution in [3.8, 4) is 0 Å². The van der Waals surface area contributed by atoms with Crippen molar-refractivity contribution < 1.29 is 14.4 Å². The number of nitrogens with two attached hydrogens (primary N) is 1. The van der Waals surface area contributed by atoms with Crippen molar-refractivity contribution in [3.63, 3.8) is 0 Å². The smallest absolute Gasteiger partial charge is 0.431 e. The van der Waals surface area contributed by atoms with Gasteiger partial charge in [0, 0.05) is 0 Å². The summed E-state index contributed by atoms with van der Waals surface area (Å²) in [5.41, 5.74) is 7.46. The number of carbonyl (C=O) groups excluding carboxylic acids is 1. The fourth-order valence-electron chi connectivity index (χ4n) is 1.81. The van der Waals surface area contributed by atoms with Gasteiger partial charge in [0.2, 0.25) is 0 Å². The summed E-state index contributed by atoms with van der Waals surface area (Å²) >= 11 is 0. The number of ether oxygens (including phenoxy) is 1. The molecule has 0 radical (unpaired) electrons. The fraction of sp³-hybridized carbons (Fsp3) is 0.917. The zero-order valence-corrected chi connectivity index (χ0v) is 11.0. The van der Waals surface area contributed by atoms with Crippen LogP contribution in [0.25, 0.3) is 0 Å². The highest BCUT2D eigenvalue weighted by molar-refractivity contribution is 5.66.